The molecule has 3 aromatic rings. The van der Waals surface area contributed by atoms with Gasteiger partial charge in [0.05, 0.1) is 32.8 Å². The predicted molar refractivity (Wildman–Crippen MR) is 130 cm³/mol. The molecule has 1 aromatic heterocycles. The Bertz CT molecular complexity index is 1110. The molecule has 2 aromatic carbocycles. The fraction of sp³-hybridized carbons (Fsp3) is 0.375. The van der Waals surface area contributed by atoms with Crippen LogP contribution in [0.1, 0.15) is 26.7 Å². The largest absolute Gasteiger partial charge is 0.493 e. The molecule has 10 heteroatoms. The van der Waals surface area contributed by atoms with Gasteiger partial charge in [-0.1, -0.05) is 37.2 Å². The zero-order valence-electron chi connectivity index (χ0n) is 19.9. The van der Waals surface area contributed by atoms with Crippen LogP contribution in [-0.4, -0.2) is 53.8 Å². The van der Waals surface area contributed by atoms with E-state index in [9.17, 15) is 9.18 Å². The lowest BCUT2D eigenvalue weighted by Gasteiger charge is -2.15. The minimum absolute atomic E-state index is 0.0809. The molecular weight excluding hydrogens is 459 g/mol. The van der Waals surface area contributed by atoms with E-state index >= 15 is 0 Å². The Balaban J connectivity index is 2.04. The molecule has 0 radical (unpaired) electrons. The van der Waals surface area contributed by atoms with Crippen molar-refractivity contribution in [3.63, 3.8) is 0 Å². The molecule has 0 aliphatic carbocycles. The van der Waals surface area contributed by atoms with Crippen LogP contribution in [0.25, 0.3) is 17.1 Å². The van der Waals surface area contributed by atoms with E-state index in [0.717, 1.165) is 12.8 Å². The molecule has 0 spiro atoms. The van der Waals surface area contributed by atoms with Crippen molar-refractivity contribution in [3.05, 3.63) is 42.2 Å². The minimum Gasteiger partial charge on any atom is -0.493 e. The quantitative estimate of drug-likeness (QED) is 0.398. The zero-order valence-corrected chi connectivity index (χ0v) is 20.7. The van der Waals surface area contributed by atoms with Crippen molar-refractivity contribution >= 4 is 17.7 Å². The molecule has 0 aliphatic rings. The maximum atomic E-state index is 14.9. The number of aromatic nitrogens is 3. The molecule has 0 saturated heterocycles. The molecule has 0 bridgehead atoms. The molecule has 1 atom stereocenters. The lowest BCUT2D eigenvalue weighted by Crippen LogP contribution is -2.33. The van der Waals surface area contributed by atoms with Crippen LogP contribution >= 0.6 is 11.8 Å². The van der Waals surface area contributed by atoms with Crippen molar-refractivity contribution in [3.8, 4) is 34.3 Å². The fourth-order valence-corrected chi connectivity index (χ4v) is 4.32. The Labute approximate surface area is 202 Å². The Morgan fingerprint density at radius 2 is 1.79 bits per heavy atom. The average molecular weight is 489 g/mol. The summed E-state index contributed by atoms with van der Waals surface area (Å²) in [5.41, 5.74) is 0.844. The first-order valence-electron chi connectivity index (χ1n) is 10.9. The summed E-state index contributed by atoms with van der Waals surface area (Å²) in [5, 5.41) is 11.9. The maximum Gasteiger partial charge on any atom is 0.230 e. The summed E-state index contributed by atoms with van der Waals surface area (Å²) in [6.07, 6.45) is 1.88. The highest BCUT2D eigenvalue weighted by Gasteiger charge is 2.23. The van der Waals surface area contributed by atoms with Crippen LogP contribution in [-0.2, 0) is 4.79 Å². The SMILES string of the molecule is CCCC(C)NC(=O)CSc1nnc(-c2cc(OC)c(OC)c(OC)c2)n1-c1ccccc1F. The summed E-state index contributed by atoms with van der Waals surface area (Å²) in [4.78, 5) is 12.4. The number of halogens is 1. The number of ether oxygens (including phenoxy) is 3. The van der Waals surface area contributed by atoms with Crippen LogP contribution in [0.15, 0.2) is 41.6 Å². The second-order valence-electron chi connectivity index (χ2n) is 7.55. The first-order valence-corrected chi connectivity index (χ1v) is 11.8. The number of rotatable bonds is 11. The van der Waals surface area contributed by atoms with Crippen LogP contribution in [0.4, 0.5) is 4.39 Å². The van der Waals surface area contributed by atoms with Crippen LogP contribution in [0, 0.1) is 5.82 Å². The van der Waals surface area contributed by atoms with Gasteiger partial charge in [0.2, 0.25) is 11.7 Å². The van der Waals surface area contributed by atoms with Gasteiger partial charge >= 0.3 is 0 Å². The van der Waals surface area contributed by atoms with E-state index in [0.29, 0.717) is 33.8 Å². The lowest BCUT2D eigenvalue weighted by molar-refractivity contribution is -0.119. The minimum atomic E-state index is -0.445. The standard InChI is InChI=1S/C24H29FN4O4S/c1-6-9-15(2)26-21(30)14-34-24-28-27-23(29(24)18-11-8-7-10-17(18)25)16-12-19(31-3)22(33-5)20(13-16)32-4/h7-8,10-13,15H,6,9,14H2,1-5H3,(H,26,30). The monoisotopic (exact) mass is 488 g/mol. The highest BCUT2D eigenvalue weighted by atomic mass is 32.2. The first-order chi connectivity index (χ1) is 16.4. The summed E-state index contributed by atoms with van der Waals surface area (Å²) >= 11 is 1.19. The number of carbonyl (C=O) groups excluding carboxylic acids is 1. The Hall–Kier alpha value is -3.27. The number of amides is 1. The molecule has 1 unspecified atom stereocenters. The van der Waals surface area contributed by atoms with Gasteiger partial charge in [0.1, 0.15) is 5.82 Å². The number of carbonyl (C=O) groups is 1. The molecular formula is C24H29FN4O4S. The third kappa shape index (κ3) is 5.61. The number of thioether (sulfide) groups is 1. The Morgan fingerprint density at radius 3 is 2.38 bits per heavy atom. The zero-order chi connectivity index (χ0) is 24.7. The Morgan fingerprint density at radius 1 is 1.12 bits per heavy atom. The molecule has 1 amide bonds. The van der Waals surface area contributed by atoms with Crippen molar-refractivity contribution < 1.29 is 23.4 Å². The lowest BCUT2D eigenvalue weighted by atomic mass is 10.1. The Kier molecular flexibility index (Phi) is 8.75. The third-order valence-electron chi connectivity index (χ3n) is 5.11. The first kappa shape index (κ1) is 25.4. The molecule has 0 fully saturated rings. The smallest absolute Gasteiger partial charge is 0.230 e. The van der Waals surface area contributed by atoms with Crippen molar-refractivity contribution in [1.29, 1.82) is 0 Å². The summed E-state index contributed by atoms with van der Waals surface area (Å²) in [6.45, 7) is 4.04. The topological polar surface area (TPSA) is 87.5 Å². The van der Waals surface area contributed by atoms with Crippen molar-refractivity contribution in [1.82, 2.24) is 20.1 Å². The number of hydrogen-bond donors (Lipinski definition) is 1. The number of hydrogen-bond acceptors (Lipinski definition) is 7. The van der Waals surface area contributed by atoms with E-state index in [2.05, 4.69) is 22.4 Å². The molecule has 182 valence electrons. The molecule has 34 heavy (non-hydrogen) atoms. The van der Waals surface area contributed by atoms with Gasteiger partial charge in [0.15, 0.2) is 22.5 Å². The van der Waals surface area contributed by atoms with E-state index in [1.165, 1.54) is 39.2 Å². The molecule has 1 N–H and O–H groups in total. The van der Waals surface area contributed by atoms with Crippen LogP contribution in [0.5, 0.6) is 17.2 Å². The average Bonchev–Trinajstić information content (AvgIpc) is 3.25. The molecule has 0 saturated carbocycles. The summed E-state index contributed by atoms with van der Waals surface area (Å²) < 4.78 is 32.8. The summed E-state index contributed by atoms with van der Waals surface area (Å²) in [5.74, 6) is 1.21. The van der Waals surface area contributed by atoms with Crippen LogP contribution in [0.2, 0.25) is 0 Å². The van der Waals surface area contributed by atoms with E-state index in [-0.39, 0.29) is 23.4 Å². The van der Waals surface area contributed by atoms with Gasteiger partial charge in [0.25, 0.3) is 0 Å². The second kappa shape index (κ2) is 11.7. The molecule has 1 heterocycles. The summed E-state index contributed by atoms with van der Waals surface area (Å²) in [6, 6.07) is 9.85. The van der Waals surface area contributed by atoms with Crippen molar-refractivity contribution in [2.45, 2.75) is 37.9 Å². The number of nitrogens with zero attached hydrogens (tertiary/aromatic N) is 3. The van der Waals surface area contributed by atoms with Crippen LogP contribution < -0.4 is 19.5 Å². The van der Waals surface area contributed by atoms with Gasteiger partial charge in [-0.3, -0.25) is 9.36 Å². The van der Waals surface area contributed by atoms with Gasteiger partial charge in [-0.2, -0.15) is 0 Å². The van der Waals surface area contributed by atoms with Gasteiger partial charge in [0, 0.05) is 11.6 Å². The highest BCUT2D eigenvalue weighted by molar-refractivity contribution is 7.99. The highest BCUT2D eigenvalue weighted by Crippen LogP contribution is 2.41. The normalized spacial score (nSPS) is 11.7. The van der Waals surface area contributed by atoms with Crippen molar-refractivity contribution in [2.24, 2.45) is 0 Å². The van der Waals surface area contributed by atoms with E-state index in [1.807, 2.05) is 6.92 Å². The predicted octanol–water partition coefficient (Wildman–Crippen LogP) is 4.50. The van der Waals surface area contributed by atoms with E-state index in [1.54, 1.807) is 34.9 Å². The number of nitrogens with one attached hydrogen (secondary N) is 1. The summed E-state index contributed by atoms with van der Waals surface area (Å²) in [7, 11) is 4.55. The van der Waals surface area contributed by atoms with Crippen molar-refractivity contribution in [2.75, 3.05) is 27.1 Å². The van der Waals surface area contributed by atoms with E-state index in [4.69, 9.17) is 14.2 Å². The van der Waals surface area contributed by atoms with Gasteiger partial charge in [-0.15, -0.1) is 10.2 Å². The molecule has 8 nitrogen and oxygen atoms in total. The third-order valence-corrected chi connectivity index (χ3v) is 6.04. The fourth-order valence-electron chi connectivity index (χ4n) is 3.56. The molecule has 0 aliphatic heterocycles. The van der Waals surface area contributed by atoms with Crippen LogP contribution in [0.3, 0.4) is 0 Å². The van der Waals surface area contributed by atoms with Gasteiger partial charge in [-0.25, -0.2) is 4.39 Å². The van der Waals surface area contributed by atoms with E-state index < -0.39 is 5.82 Å². The van der Waals surface area contributed by atoms with Gasteiger partial charge < -0.3 is 19.5 Å². The maximum absolute atomic E-state index is 14.9. The second-order valence-corrected chi connectivity index (χ2v) is 8.50. The number of para-hydroxylation sites is 1. The number of methoxy groups -OCH3 is 3. The van der Waals surface area contributed by atoms with Gasteiger partial charge in [-0.05, 0) is 37.6 Å². The molecule has 3 rings (SSSR count). The number of benzene rings is 2.